The van der Waals surface area contributed by atoms with Gasteiger partial charge in [-0.3, -0.25) is 14.7 Å². The maximum Gasteiger partial charge on any atom is 0.430 e. The van der Waals surface area contributed by atoms with E-state index in [2.05, 4.69) is 20.0 Å². The Morgan fingerprint density at radius 1 is 0.609 bits per heavy atom. The number of hydrogen-bond acceptors (Lipinski definition) is 6. The largest absolute Gasteiger partial charge is 0.430 e. The lowest BCUT2D eigenvalue weighted by Crippen LogP contribution is -2.53. The number of rotatable bonds is 7. The Morgan fingerprint density at radius 3 is 1.39 bits per heavy atom. The van der Waals surface area contributed by atoms with E-state index in [1.807, 2.05) is 6.07 Å². The lowest BCUT2D eigenvalue weighted by Gasteiger charge is -2.33. The summed E-state index contributed by atoms with van der Waals surface area (Å²) in [5, 5.41) is 25.8. The summed E-state index contributed by atoms with van der Waals surface area (Å²) in [7, 11) is 0. The van der Waals surface area contributed by atoms with Crippen LogP contribution >= 0.6 is 0 Å². The molecule has 64 heavy (non-hydrogen) atoms. The fourth-order valence-corrected chi connectivity index (χ4v) is 7.18. The molecule has 0 fully saturated rings. The average Bonchev–Trinajstić information content (AvgIpc) is 3.67. The fourth-order valence-electron chi connectivity index (χ4n) is 7.18. The van der Waals surface area contributed by atoms with E-state index in [0.717, 1.165) is 41.0 Å². The zero-order valence-electron chi connectivity index (χ0n) is 32.8. The van der Waals surface area contributed by atoms with Gasteiger partial charge in [0.05, 0.1) is 19.7 Å². The number of benzene rings is 4. The summed E-state index contributed by atoms with van der Waals surface area (Å²) in [5.41, 5.74) is -8.31. The predicted octanol–water partition coefficient (Wildman–Crippen LogP) is 9.60. The molecule has 3 N–H and O–H groups in total. The summed E-state index contributed by atoms with van der Waals surface area (Å²) in [4.78, 5) is 35.3. The minimum atomic E-state index is -5.96. The minimum absolute atomic E-state index is 0.0678. The molecule has 4 aromatic carbocycles. The first-order chi connectivity index (χ1) is 29.7. The van der Waals surface area contributed by atoms with Crippen molar-refractivity contribution in [2.45, 2.75) is 81.6 Å². The van der Waals surface area contributed by atoms with Crippen molar-refractivity contribution in [2.75, 3.05) is 9.80 Å². The van der Waals surface area contributed by atoms with Crippen LogP contribution in [0.1, 0.15) is 52.0 Å². The molecular formula is C42H32F12N6O4. The van der Waals surface area contributed by atoms with Crippen LogP contribution in [0.3, 0.4) is 0 Å². The van der Waals surface area contributed by atoms with Crippen LogP contribution in [0.5, 0.6) is 0 Å². The standard InChI is InChI=1S/C22H18F6N4O2.C20H14F6N2O2/c1-12-29-19(31-30-12)15-4-8-17-14(10-15)5-9-18(33)32(17)11-13-2-6-16(7-3-13)20(34,21(23,24)25)22(26,27)28;1-27-15-7-8-16-13(10-15)4-9-17(29)28(16)11-12-2-5-14(6-3-12)18(30,19(21,22)23)20(24,25)26/h2-4,6-8,10,34H,5,9,11H2,1H3,(H,29,30,31);2-3,5-8,10,30H,4,9,11H2. The average molecular weight is 913 g/mol. The maximum atomic E-state index is 13.1. The van der Waals surface area contributed by atoms with Crippen LogP contribution < -0.4 is 9.80 Å². The van der Waals surface area contributed by atoms with Gasteiger partial charge >= 0.3 is 24.7 Å². The smallest absolute Gasteiger partial charge is 0.369 e. The number of aryl methyl sites for hydroxylation is 3. The van der Waals surface area contributed by atoms with Crippen LogP contribution in [0.25, 0.3) is 16.2 Å². The number of anilines is 2. The number of H-pyrrole nitrogens is 1. The van der Waals surface area contributed by atoms with Crippen molar-refractivity contribution >= 4 is 28.9 Å². The molecule has 22 heteroatoms. The normalized spacial score (nSPS) is 15.0. The lowest BCUT2D eigenvalue weighted by atomic mass is 9.91. The van der Waals surface area contributed by atoms with Gasteiger partial charge in [0.15, 0.2) is 11.5 Å². The molecule has 1 aromatic heterocycles. The van der Waals surface area contributed by atoms with Gasteiger partial charge in [-0.15, -0.1) is 0 Å². The highest BCUT2D eigenvalue weighted by Gasteiger charge is 2.72. The monoisotopic (exact) mass is 912 g/mol. The number of alkyl halides is 12. The highest BCUT2D eigenvalue weighted by molar-refractivity contribution is 5.97. The van der Waals surface area contributed by atoms with E-state index in [0.29, 0.717) is 71.4 Å². The number of amides is 2. The molecule has 338 valence electrons. The van der Waals surface area contributed by atoms with Crippen molar-refractivity contribution in [2.24, 2.45) is 0 Å². The fraction of sp³-hybridized carbons (Fsp3) is 0.310. The highest BCUT2D eigenvalue weighted by Crippen LogP contribution is 2.51. The summed E-state index contributed by atoms with van der Waals surface area (Å²) >= 11 is 0. The van der Waals surface area contributed by atoms with Gasteiger partial charge < -0.3 is 20.0 Å². The second kappa shape index (κ2) is 16.9. The van der Waals surface area contributed by atoms with Gasteiger partial charge in [-0.1, -0.05) is 60.7 Å². The molecule has 7 rings (SSSR count). The highest BCUT2D eigenvalue weighted by atomic mass is 19.4. The van der Waals surface area contributed by atoms with Crippen LogP contribution in [-0.4, -0.2) is 61.9 Å². The number of aromatic amines is 1. The maximum absolute atomic E-state index is 13.1. The number of nitrogens with zero attached hydrogens (tertiary/aromatic N) is 5. The van der Waals surface area contributed by atoms with Gasteiger partial charge in [-0.25, -0.2) is 9.83 Å². The van der Waals surface area contributed by atoms with Crippen molar-refractivity contribution in [3.8, 4) is 11.4 Å². The van der Waals surface area contributed by atoms with Crippen LogP contribution in [0.15, 0.2) is 84.9 Å². The number of aromatic nitrogens is 3. The molecule has 0 atom stereocenters. The van der Waals surface area contributed by atoms with Crippen LogP contribution in [-0.2, 0) is 46.7 Å². The second-order valence-electron chi connectivity index (χ2n) is 14.8. The first kappa shape index (κ1) is 47.0. The number of halogens is 12. The first-order valence-corrected chi connectivity index (χ1v) is 18.7. The molecule has 0 unspecified atom stereocenters. The van der Waals surface area contributed by atoms with Crippen molar-refractivity contribution in [1.82, 2.24) is 15.2 Å². The first-order valence-electron chi connectivity index (χ1n) is 18.7. The van der Waals surface area contributed by atoms with Gasteiger partial charge in [0.25, 0.3) is 11.2 Å². The SMILES string of the molecule is Cc1nc(-c2ccc3c(c2)CCC(=O)N3Cc2ccc(C(O)(C(F)(F)F)C(F)(F)F)cc2)n[nH]1.[C-]#[N+]c1ccc2c(c1)CCC(=O)N2Cc1ccc(C(O)(C(F)(F)F)C(F)(F)F)cc1. The zero-order chi connectivity index (χ0) is 47.2. The third-order valence-corrected chi connectivity index (χ3v) is 10.6. The van der Waals surface area contributed by atoms with Crippen molar-refractivity contribution in [3.05, 3.63) is 136 Å². The van der Waals surface area contributed by atoms with E-state index >= 15 is 0 Å². The molecule has 0 spiro atoms. The molecule has 2 aliphatic rings. The van der Waals surface area contributed by atoms with E-state index in [9.17, 15) is 72.5 Å². The van der Waals surface area contributed by atoms with Crippen LogP contribution in [0.2, 0.25) is 0 Å². The quantitative estimate of drug-likeness (QED) is 0.110. The van der Waals surface area contributed by atoms with Gasteiger partial charge in [-0.2, -0.15) is 57.8 Å². The summed E-state index contributed by atoms with van der Waals surface area (Å²) in [6.07, 6.45) is -22.6. The van der Waals surface area contributed by atoms with E-state index in [-0.39, 0.29) is 43.3 Å². The molecule has 0 radical (unpaired) electrons. The molecule has 0 saturated heterocycles. The molecular weight excluding hydrogens is 880 g/mol. The Balaban J connectivity index is 0.000000214. The molecule has 0 saturated carbocycles. The van der Waals surface area contributed by atoms with Gasteiger partial charge in [0.1, 0.15) is 5.82 Å². The number of carbonyl (C=O) groups excluding carboxylic acids is 2. The zero-order valence-corrected chi connectivity index (χ0v) is 32.8. The van der Waals surface area contributed by atoms with Crippen molar-refractivity contribution < 1.29 is 72.5 Å². The Hall–Kier alpha value is -6.47. The Bertz CT molecular complexity index is 2550. The topological polar surface area (TPSA) is 127 Å². The second-order valence-corrected chi connectivity index (χ2v) is 14.8. The number of nitrogens with one attached hydrogen (secondary N) is 1. The van der Waals surface area contributed by atoms with Gasteiger partial charge in [-0.05, 0) is 66.3 Å². The van der Waals surface area contributed by atoms with Crippen molar-refractivity contribution in [1.29, 1.82) is 0 Å². The number of fused-ring (bicyclic) bond motifs is 2. The molecule has 2 aliphatic heterocycles. The molecule has 5 aromatic rings. The molecule has 0 bridgehead atoms. The predicted molar refractivity (Wildman–Crippen MR) is 203 cm³/mol. The Kier molecular flexibility index (Phi) is 12.4. The van der Waals surface area contributed by atoms with E-state index in [1.54, 1.807) is 31.2 Å². The lowest BCUT2D eigenvalue weighted by molar-refractivity contribution is -0.376. The molecule has 3 heterocycles. The Morgan fingerprint density at radius 2 is 1.02 bits per heavy atom. The van der Waals surface area contributed by atoms with Crippen LogP contribution in [0.4, 0.5) is 69.7 Å². The summed E-state index contributed by atoms with van der Waals surface area (Å²) < 4.78 is 157. The van der Waals surface area contributed by atoms with E-state index in [4.69, 9.17) is 6.57 Å². The molecule has 10 nitrogen and oxygen atoms in total. The number of carbonyl (C=O) groups is 2. The van der Waals surface area contributed by atoms with E-state index < -0.39 is 47.0 Å². The summed E-state index contributed by atoms with van der Waals surface area (Å²) in [5.74, 6) is 0.626. The number of aliphatic hydroxyl groups is 2. The number of hydrogen-bond donors (Lipinski definition) is 3. The van der Waals surface area contributed by atoms with Crippen LogP contribution in [0, 0.1) is 13.5 Å². The summed E-state index contributed by atoms with van der Waals surface area (Å²) in [6.45, 7) is 8.66. The molecule has 2 amide bonds. The molecule has 0 aliphatic carbocycles. The Labute approximate surface area is 354 Å². The third kappa shape index (κ3) is 8.86. The van der Waals surface area contributed by atoms with E-state index in [1.165, 1.54) is 15.9 Å². The summed E-state index contributed by atoms with van der Waals surface area (Å²) in [6, 6.07) is 16.3. The van der Waals surface area contributed by atoms with Crippen molar-refractivity contribution in [3.63, 3.8) is 0 Å². The third-order valence-electron chi connectivity index (χ3n) is 10.6. The minimum Gasteiger partial charge on any atom is -0.369 e. The van der Waals surface area contributed by atoms with Gasteiger partial charge in [0, 0.05) is 40.9 Å². The van der Waals surface area contributed by atoms with Gasteiger partial charge in [0.2, 0.25) is 11.8 Å².